The van der Waals surface area contributed by atoms with Crippen LogP contribution in [0.2, 0.25) is 0 Å². The van der Waals surface area contributed by atoms with Gasteiger partial charge in [-0.2, -0.15) is 0 Å². The molecular formula is C9H19N3O. The van der Waals surface area contributed by atoms with Gasteiger partial charge in [0.05, 0.1) is 6.04 Å². The van der Waals surface area contributed by atoms with Crippen LogP contribution in [0.5, 0.6) is 0 Å². The van der Waals surface area contributed by atoms with Crippen molar-refractivity contribution in [2.75, 3.05) is 20.1 Å². The van der Waals surface area contributed by atoms with Crippen LogP contribution in [0.25, 0.3) is 0 Å². The number of carbonyl (C=O) groups excluding carboxylic acids is 1. The summed E-state index contributed by atoms with van der Waals surface area (Å²) >= 11 is 0. The molecule has 1 unspecified atom stereocenters. The molecule has 1 amide bonds. The zero-order chi connectivity index (χ0) is 9.84. The minimum absolute atomic E-state index is 0.0747. The summed E-state index contributed by atoms with van der Waals surface area (Å²) < 4.78 is 0. The summed E-state index contributed by atoms with van der Waals surface area (Å²) in [7, 11) is 1.80. The standard InChI is InChI=1S/C9H19N3O/c1-7(11-2)9(13)12-5-3-8(10)4-6-12/h7-8,11H,3-6,10H2,1-2H3. The van der Waals surface area contributed by atoms with E-state index in [4.69, 9.17) is 5.73 Å². The van der Waals surface area contributed by atoms with E-state index in [1.54, 1.807) is 7.05 Å². The van der Waals surface area contributed by atoms with E-state index < -0.39 is 0 Å². The summed E-state index contributed by atoms with van der Waals surface area (Å²) in [6, 6.07) is 0.211. The van der Waals surface area contributed by atoms with Crippen LogP contribution >= 0.6 is 0 Å². The third-order valence-electron chi connectivity index (χ3n) is 2.65. The molecule has 0 aromatic heterocycles. The van der Waals surface area contributed by atoms with E-state index in [1.165, 1.54) is 0 Å². The number of likely N-dealkylation sites (tertiary alicyclic amines) is 1. The van der Waals surface area contributed by atoms with Crippen molar-refractivity contribution >= 4 is 5.91 Å². The second kappa shape index (κ2) is 4.58. The molecule has 0 radical (unpaired) electrons. The van der Waals surface area contributed by atoms with Gasteiger partial charge >= 0.3 is 0 Å². The van der Waals surface area contributed by atoms with Crippen molar-refractivity contribution in [3.63, 3.8) is 0 Å². The van der Waals surface area contributed by atoms with E-state index in [0.717, 1.165) is 25.9 Å². The average Bonchev–Trinajstić information content (AvgIpc) is 2.17. The fraction of sp³-hybridized carbons (Fsp3) is 0.889. The van der Waals surface area contributed by atoms with Gasteiger partial charge in [-0.15, -0.1) is 0 Å². The smallest absolute Gasteiger partial charge is 0.239 e. The second-order valence-corrected chi connectivity index (χ2v) is 3.67. The summed E-state index contributed by atoms with van der Waals surface area (Å²) in [5, 5.41) is 2.95. The molecular weight excluding hydrogens is 166 g/mol. The molecule has 1 aliphatic rings. The Morgan fingerprint density at radius 1 is 1.54 bits per heavy atom. The number of rotatable bonds is 2. The molecule has 4 nitrogen and oxygen atoms in total. The normalized spacial score (nSPS) is 21.6. The Balaban J connectivity index is 2.40. The number of amides is 1. The number of nitrogens with two attached hydrogens (primary N) is 1. The van der Waals surface area contributed by atoms with E-state index in [-0.39, 0.29) is 18.0 Å². The molecule has 0 bridgehead atoms. The molecule has 3 N–H and O–H groups in total. The van der Waals surface area contributed by atoms with Crippen molar-refractivity contribution in [3.05, 3.63) is 0 Å². The van der Waals surface area contributed by atoms with Gasteiger partial charge in [0.2, 0.25) is 5.91 Å². The Hall–Kier alpha value is -0.610. The molecule has 1 fully saturated rings. The molecule has 1 heterocycles. The Bertz CT molecular complexity index is 176. The Morgan fingerprint density at radius 3 is 2.54 bits per heavy atom. The highest BCUT2D eigenvalue weighted by Crippen LogP contribution is 2.09. The van der Waals surface area contributed by atoms with Crippen molar-refractivity contribution < 1.29 is 4.79 Å². The predicted molar refractivity (Wildman–Crippen MR) is 52.3 cm³/mol. The molecule has 0 saturated carbocycles. The zero-order valence-corrected chi connectivity index (χ0v) is 8.42. The van der Waals surface area contributed by atoms with Gasteiger partial charge in [-0.3, -0.25) is 4.79 Å². The van der Waals surface area contributed by atoms with Gasteiger partial charge in [0, 0.05) is 19.1 Å². The van der Waals surface area contributed by atoms with Crippen molar-refractivity contribution in [1.82, 2.24) is 10.2 Å². The quantitative estimate of drug-likeness (QED) is 0.612. The van der Waals surface area contributed by atoms with Gasteiger partial charge < -0.3 is 16.0 Å². The highest BCUT2D eigenvalue weighted by Gasteiger charge is 2.23. The Kier molecular flexibility index (Phi) is 3.69. The number of hydrogen-bond donors (Lipinski definition) is 2. The van der Waals surface area contributed by atoms with Gasteiger partial charge in [0.1, 0.15) is 0 Å². The van der Waals surface area contributed by atoms with Crippen molar-refractivity contribution in [2.45, 2.75) is 31.8 Å². The van der Waals surface area contributed by atoms with Gasteiger partial charge in [-0.1, -0.05) is 0 Å². The lowest BCUT2D eigenvalue weighted by Gasteiger charge is -2.31. The van der Waals surface area contributed by atoms with Crippen LogP contribution in [0, 0.1) is 0 Å². The number of nitrogens with zero attached hydrogens (tertiary/aromatic N) is 1. The van der Waals surface area contributed by atoms with Crippen LogP contribution in [0.3, 0.4) is 0 Å². The molecule has 0 aliphatic carbocycles. The lowest BCUT2D eigenvalue weighted by Crippen LogP contribution is -2.49. The summed E-state index contributed by atoms with van der Waals surface area (Å²) in [5.74, 6) is 0.189. The fourth-order valence-corrected chi connectivity index (χ4v) is 1.52. The number of hydrogen-bond acceptors (Lipinski definition) is 3. The molecule has 13 heavy (non-hydrogen) atoms. The SMILES string of the molecule is CNC(C)C(=O)N1CCC(N)CC1. The van der Waals surface area contributed by atoms with E-state index in [1.807, 2.05) is 11.8 Å². The zero-order valence-electron chi connectivity index (χ0n) is 8.42. The third kappa shape index (κ3) is 2.67. The molecule has 1 rings (SSSR count). The lowest BCUT2D eigenvalue weighted by atomic mass is 10.1. The maximum atomic E-state index is 11.7. The molecule has 0 spiro atoms. The lowest BCUT2D eigenvalue weighted by molar-refractivity contribution is -0.133. The first kappa shape index (κ1) is 10.5. The molecule has 1 saturated heterocycles. The second-order valence-electron chi connectivity index (χ2n) is 3.67. The Morgan fingerprint density at radius 2 is 2.08 bits per heavy atom. The number of likely N-dealkylation sites (N-methyl/N-ethyl adjacent to an activating group) is 1. The maximum Gasteiger partial charge on any atom is 0.239 e. The van der Waals surface area contributed by atoms with Crippen LogP contribution in [-0.2, 0) is 4.79 Å². The first-order valence-corrected chi connectivity index (χ1v) is 4.86. The molecule has 0 aromatic rings. The number of piperidine rings is 1. The summed E-state index contributed by atoms with van der Waals surface area (Å²) in [4.78, 5) is 13.6. The number of nitrogens with one attached hydrogen (secondary N) is 1. The van der Waals surface area contributed by atoms with Crippen LogP contribution < -0.4 is 11.1 Å². The third-order valence-corrected chi connectivity index (χ3v) is 2.65. The van der Waals surface area contributed by atoms with Crippen molar-refractivity contribution in [2.24, 2.45) is 5.73 Å². The minimum Gasteiger partial charge on any atom is -0.341 e. The molecule has 76 valence electrons. The first-order chi connectivity index (χ1) is 6.15. The largest absolute Gasteiger partial charge is 0.341 e. The van der Waals surface area contributed by atoms with Crippen LogP contribution in [-0.4, -0.2) is 43.0 Å². The molecule has 1 atom stereocenters. The van der Waals surface area contributed by atoms with Gasteiger partial charge in [-0.05, 0) is 26.8 Å². The minimum atomic E-state index is -0.0747. The first-order valence-electron chi connectivity index (χ1n) is 4.86. The van der Waals surface area contributed by atoms with E-state index >= 15 is 0 Å². The topological polar surface area (TPSA) is 58.4 Å². The van der Waals surface area contributed by atoms with E-state index in [9.17, 15) is 4.79 Å². The van der Waals surface area contributed by atoms with Gasteiger partial charge in [0.25, 0.3) is 0 Å². The van der Waals surface area contributed by atoms with E-state index in [0.29, 0.717) is 0 Å². The Labute approximate surface area is 79.5 Å². The van der Waals surface area contributed by atoms with Gasteiger partial charge in [-0.25, -0.2) is 0 Å². The van der Waals surface area contributed by atoms with Crippen molar-refractivity contribution in [3.8, 4) is 0 Å². The van der Waals surface area contributed by atoms with Crippen LogP contribution in [0.15, 0.2) is 0 Å². The van der Waals surface area contributed by atoms with Gasteiger partial charge in [0.15, 0.2) is 0 Å². The highest BCUT2D eigenvalue weighted by atomic mass is 16.2. The summed E-state index contributed by atoms with van der Waals surface area (Å²) in [6.45, 7) is 3.51. The molecule has 1 aliphatic heterocycles. The van der Waals surface area contributed by atoms with Crippen LogP contribution in [0.1, 0.15) is 19.8 Å². The summed E-state index contributed by atoms with van der Waals surface area (Å²) in [6.07, 6.45) is 1.87. The molecule has 0 aromatic carbocycles. The maximum absolute atomic E-state index is 11.7. The van der Waals surface area contributed by atoms with Crippen molar-refractivity contribution in [1.29, 1.82) is 0 Å². The number of carbonyl (C=O) groups is 1. The summed E-state index contributed by atoms with van der Waals surface area (Å²) in [5.41, 5.74) is 5.75. The fourth-order valence-electron chi connectivity index (χ4n) is 1.52. The molecule has 4 heteroatoms. The monoisotopic (exact) mass is 185 g/mol. The van der Waals surface area contributed by atoms with E-state index in [2.05, 4.69) is 5.32 Å². The average molecular weight is 185 g/mol. The van der Waals surface area contributed by atoms with Crippen LogP contribution in [0.4, 0.5) is 0 Å². The predicted octanol–water partition coefficient (Wildman–Crippen LogP) is -0.456. The highest BCUT2D eigenvalue weighted by molar-refractivity contribution is 5.81.